The van der Waals surface area contributed by atoms with Crippen LogP contribution in [0.2, 0.25) is 0 Å². The molecule has 6 heteroatoms. The first-order valence-corrected chi connectivity index (χ1v) is 8.63. The third-order valence-electron chi connectivity index (χ3n) is 4.58. The van der Waals surface area contributed by atoms with E-state index in [-0.39, 0.29) is 17.9 Å². The van der Waals surface area contributed by atoms with Crippen LogP contribution in [0.4, 0.5) is 4.39 Å². The van der Waals surface area contributed by atoms with E-state index in [2.05, 4.69) is 0 Å². The zero-order valence-corrected chi connectivity index (χ0v) is 14.6. The quantitative estimate of drug-likeness (QED) is 0.593. The molecule has 1 aliphatic carbocycles. The van der Waals surface area contributed by atoms with Crippen molar-refractivity contribution in [1.29, 1.82) is 0 Å². The van der Waals surface area contributed by atoms with Crippen LogP contribution in [0.1, 0.15) is 42.3 Å². The maximum Gasteiger partial charge on any atom is 0.313 e. The maximum atomic E-state index is 13.2. The normalized spacial score (nSPS) is 20.0. The molecule has 1 heterocycles. The molecular weight excluding hydrogens is 333 g/mol. The third-order valence-corrected chi connectivity index (χ3v) is 5.01. The number of ether oxygens (including phenoxy) is 2. The lowest BCUT2D eigenvalue weighted by Gasteiger charge is -2.26. The van der Waals surface area contributed by atoms with E-state index in [1.54, 1.807) is 14.0 Å². The van der Waals surface area contributed by atoms with Crippen molar-refractivity contribution in [3.63, 3.8) is 0 Å². The van der Waals surface area contributed by atoms with Crippen molar-refractivity contribution < 1.29 is 18.7 Å². The fourth-order valence-electron chi connectivity index (χ4n) is 3.68. The number of halogens is 2. The number of alkyl halides is 2. The van der Waals surface area contributed by atoms with Crippen LogP contribution in [0.5, 0.6) is 5.75 Å². The zero-order valence-electron chi connectivity index (χ0n) is 13.9. The van der Waals surface area contributed by atoms with Gasteiger partial charge in [-0.05, 0) is 31.9 Å². The van der Waals surface area contributed by atoms with Gasteiger partial charge in [0.05, 0.1) is 37.1 Å². The van der Waals surface area contributed by atoms with Crippen molar-refractivity contribution >= 4 is 28.5 Å². The Morgan fingerprint density at radius 1 is 1.42 bits per heavy atom. The minimum Gasteiger partial charge on any atom is -0.496 e. The second-order valence-corrected chi connectivity index (χ2v) is 6.37. The van der Waals surface area contributed by atoms with Gasteiger partial charge in [-0.2, -0.15) is 0 Å². The molecule has 0 saturated carbocycles. The second-order valence-electron chi connectivity index (χ2n) is 5.84. The summed E-state index contributed by atoms with van der Waals surface area (Å²) in [4.78, 5) is 12.5. The smallest absolute Gasteiger partial charge is 0.313 e. The topological polar surface area (TPSA) is 40.5 Å². The van der Waals surface area contributed by atoms with Crippen molar-refractivity contribution in [2.24, 2.45) is 0 Å². The lowest BCUT2D eigenvalue weighted by Crippen LogP contribution is -2.22. The molecule has 0 fully saturated rings. The molecule has 2 aromatic rings. The zero-order chi connectivity index (χ0) is 17.3. The molecule has 0 N–H and O–H groups in total. The van der Waals surface area contributed by atoms with Gasteiger partial charge in [-0.1, -0.05) is 6.07 Å². The third kappa shape index (κ3) is 2.65. The Balaban J connectivity index is 2.31. The summed E-state index contributed by atoms with van der Waals surface area (Å²) in [5.74, 6) is 0.0172. The van der Waals surface area contributed by atoms with Gasteiger partial charge in [0.15, 0.2) is 0 Å². The van der Waals surface area contributed by atoms with Crippen LogP contribution in [0.3, 0.4) is 0 Å². The summed E-state index contributed by atoms with van der Waals surface area (Å²) in [5.41, 5.74) is 2.50. The predicted molar refractivity (Wildman–Crippen MR) is 91.7 cm³/mol. The highest BCUT2D eigenvalue weighted by molar-refractivity contribution is 6.21. The van der Waals surface area contributed by atoms with E-state index in [9.17, 15) is 9.18 Å². The summed E-state index contributed by atoms with van der Waals surface area (Å²) in [6.45, 7) is 1.83. The molecule has 130 valence electrons. The standard InChI is InChI=1S/C18H21ClFNO3/c1-3-24-18(22)11-7-8-12(19)17-15(11)16-13(21(17)10-9-20)5-4-6-14(16)23-2/h4-6,11-12H,3,7-10H2,1-2H3. The Morgan fingerprint density at radius 3 is 2.88 bits per heavy atom. The molecule has 0 bridgehead atoms. The first kappa shape index (κ1) is 17.1. The van der Waals surface area contributed by atoms with Gasteiger partial charge < -0.3 is 14.0 Å². The highest BCUT2D eigenvalue weighted by atomic mass is 35.5. The van der Waals surface area contributed by atoms with Gasteiger partial charge in [0.25, 0.3) is 0 Å². The number of nitrogens with zero attached hydrogens (tertiary/aromatic N) is 1. The van der Waals surface area contributed by atoms with Crippen LogP contribution in [0, 0.1) is 0 Å². The molecule has 0 amide bonds. The van der Waals surface area contributed by atoms with E-state index < -0.39 is 12.6 Å². The molecule has 1 aromatic carbocycles. The summed E-state index contributed by atoms with van der Waals surface area (Å²) in [6, 6.07) is 5.63. The van der Waals surface area contributed by atoms with E-state index in [1.165, 1.54) is 0 Å². The summed E-state index contributed by atoms with van der Waals surface area (Å²) >= 11 is 6.57. The first-order chi connectivity index (χ1) is 11.6. The molecule has 4 nitrogen and oxygen atoms in total. The number of aromatic nitrogens is 1. The summed E-state index contributed by atoms with van der Waals surface area (Å²) in [6.07, 6.45) is 1.27. The Bertz CT molecular complexity index is 758. The maximum absolute atomic E-state index is 13.2. The number of hydrogen-bond donors (Lipinski definition) is 0. The highest BCUT2D eigenvalue weighted by Gasteiger charge is 2.37. The van der Waals surface area contributed by atoms with Crippen molar-refractivity contribution in [1.82, 2.24) is 4.57 Å². The molecule has 0 radical (unpaired) electrons. The fraction of sp³-hybridized carbons (Fsp3) is 0.500. The molecule has 0 aliphatic heterocycles. The number of benzene rings is 1. The SMILES string of the molecule is CCOC(=O)C1CCC(Cl)c2c1c1c(OC)cccc1n2CCF. The number of methoxy groups -OCH3 is 1. The van der Waals surface area contributed by atoms with Crippen molar-refractivity contribution in [3.8, 4) is 5.75 Å². The molecule has 0 saturated heterocycles. The fourth-order valence-corrected chi connectivity index (χ4v) is 4.04. The lowest BCUT2D eigenvalue weighted by atomic mass is 9.84. The Labute approximate surface area is 145 Å². The minimum atomic E-state index is -0.499. The molecule has 2 atom stereocenters. The van der Waals surface area contributed by atoms with E-state index in [4.69, 9.17) is 21.1 Å². The Hall–Kier alpha value is -1.75. The first-order valence-electron chi connectivity index (χ1n) is 8.19. The van der Waals surface area contributed by atoms with Gasteiger partial charge in [-0.15, -0.1) is 11.6 Å². The van der Waals surface area contributed by atoms with Gasteiger partial charge in [0, 0.05) is 16.6 Å². The van der Waals surface area contributed by atoms with Crippen LogP contribution >= 0.6 is 11.6 Å². The monoisotopic (exact) mass is 353 g/mol. The summed E-state index contributed by atoms with van der Waals surface area (Å²) in [5, 5.41) is 0.584. The lowest BCUT2D eigenvalue weighted by molar-refractivity contribution is -0.145. The van der Waals surface area contributed by atoms with E-state index >= 15 is 0 Å². The van der Waals surface area contributed by atoms with Gasteiger partial charge in [-0.25, -0.2) is 4.39 Å². The molecule has 24 heavy (non-hydrogen) atoms. The Morgan fingerprint density at radius 2 is 2.21 bits per heavy atom. The number of aryl methyl sites for hydroxylation is 1. The van der Waals surface area contributed by atoms with Crippen LogP contribution in [0.15, 0.2) is 18.2 Å². The van der Waals surface area contributed by atoms with Crippen LogP contribution in [0.25, 0.3) is 10.9 Å². The van der Waals surface area contributed by atoms with Gasteiger partial charge in [0.1, 0.15) is 12.4 Å². The minimum absolute atomic E-state index is 0.206. The average Bonchev–Trinajstić information content (AvgIpc) is 2.91. The highest BCUT2D eigenvalue weighted by Crippen LogP contribution is 2.48. The summed E-state index contributed by atoms with van der Waals surface area (Å²) in [7, 11) is 1.59. The second kappa shape index (κ2) is 7.01. The number of fused-ring (bicyclic) bond motifs is 3. The predicted octanol–water partition coefficient (Wildman–Crippen LogP) is 4.34. The molecule has 1 aliphatic rings. The summed E-state index contributed by atoms with van der Waals surface area (Å²) < 4.78 is 25.8. The molecular formula is C18H21ClFNO3. The van der Waals surface area contributed by atoms with E-state index in [0.717, 1.165) is 22.2 Å². The number of carbonyl (C=O) groups is 1. The number of esters is 1. The van der Waals surface area contributed by atoms with Gasteiger partial charge >= 0.3 is 5.97 Å². The number of rotatable bonds is 5. The molecule has 1 aromatic heterocycles. The average molecular weight is 354 g/mol. The van der Waals surface area contributed by atoms with E-state index in [1.807, 2.05) is 22.8 Å². The van der Waals surface area contributed by atoms with Crippen molar-refractivity contribution in [2.75, 3.05) is 20.4 Å². The Kier molecular flexibility index (Phi) is 4.99. The molecule has 2 unspecified atom stereocenters. The largest absolute Gasteiger partial charge is 0.496 e. The van der Waals surface area contributed by atoms with Crippen molar-refractivity contribution in [2.45, 2.75) is 37.6 Å². The van der Waals surface area contributed by atoms with Crippen LogP contribution < -0.4 is 4.74 Å². The van der Waals surface area contributed by atoms with Crippen LogP contribution in [-0.2, 0) is 16.1 Å². The van der Waals surface area contributed by atoms with Gasteiger partial charge in [0.2, 0.25) is 0 Å². The van der Waals surface area contributed by atoms with Crippen molar-refractivity contribution in [3.05, 3.63) is 29.5 Å². The van der Waals surface area contributed by atoms with E-state index in [0.29, 0.717) is 25.2 Å². The number of carbonyl (C=O) groups excluding carboxylic acids is 1. The molecule has 0 spiro atoms. The number of hydrogen-bond acceptors (Lipinski definition) is 3. The molecule has 3 rings (SSSR count). The van der Waals surface area contributed by atoms with Crippen LogP contribution in [-0.4, -0.2) is 30.9 Å². The van der Waals surface area contributed by atoms with Gasteiger partial charge in [-0.3, -0.25) is 4.79 Å².